The number of hydrogen-bond donors (Lipinski definition) is 3. The first kappa shape index (κ1) is 21.8. The average molecular weight is 356 g/mol. The summed E-state index contributed by atoms with van der Waals surface area (Å²) in [5, 5.41) is 4.74. The molecule has 24 heavy (non-hydrogen) atoms. The molecule has 0 aromatic heterocycles. The lowest BCUT2D eigenvalue weighted by molar-refractivity contribution is 0.120. The van der Waals surface area contributed by atoms with E-state index in [0.717, 1.165) is 6.42 Å². The van der Waals surface area contributed by atoms with E-state index in [2.05, 4.69) is 26.6 Å². The molecule has 9 heteroatoms. The third kappa shape index (κ3) is 13.5. The van der Waals surface area contributed by atoms with Crippen LogP contribution in [0, 0.1) is 0 Å². The molecular formula is C15H28N6O2S. The number of nitrogens with one attached hydrogen (secondary N) is 2. The van der Waals surface area contributed by atoms with Crippen molar-refractivity contribution in [3.8, 4) is 0 Å². The summed E-state index contributed by atoms with van der Waals surface area (Å²) in [6.45, 7) is 7.30. The van der Waals surface area contributed by atoms with Crippen LogP contribution in [0.3, 0.4) is 0 Å². The summed E-state index contributed by atoms with van der Waals surface area (Å²) >= 11 is 1.32. The number of nitrogens with two attached hydrogens (primary N) is 1. The lowest BCUT2D eigenvalue weighted by Gasteiger charge is -2.13. The Labute approximate surface area is 148 Å². The van der Waals surface area contributed by atoms with Gasteiger partial charge in [-0.25, -0.2) is 4.79 Å². The standard InChI is InChI=1S/C15H28N6O2S/c1-5-24-20-14(19-11-12-23-15(22)21(3)4)18-10-8-6-7-9-17-13(2)16/h5-7H,1,8-12H2,2-4H3,(H2,16,17)(H2,18,19,20). The molecule has 0 fully saturated rings. The van der Waals surface area contributed by atoms with Crippen molar-refractivity contribution in [2.45, 2.75) is 13.3 Å². The first-order valence-corrected chi connectivity index (χ1v) is 8.41. The summed E-state index contributed by atoms with van der Waals surface area (Å²) < 4.78 is 8.05. The second-order valence-electron chi connectivity index (χ2n) is 4.79. The van der Waals surface area contributed by atoms with Crippen LogP contribution in [0.2, 0.25) is 0 Å². The Balaban J connectivity index is 4.12. The number of hydrogen-bond acceptors (Lipinski definition) is 5. The lowest BCUT2D eigenvalue weighted by Crippen LogP contribution is -2.36. The van der Waals surface area contributed by atoms with E-state index >= 15 is 0 Å². The lowest BCUT2D eigenvalue weighted by atomic mass is 10.4. The zero-order valence-electron chi connectivity index (χ0n) is 14.6. The SMILES string of the molecule is C=CSNC(=NCCC=CCN=C(C)N)NCCOC(=O)N(C)C. The maximum Gasteiger partial charge on any atom is 0.409 e. The number of carbonyl (C=O) groups excluding carboxylic acids is 1. The Morgan fingerprint density at radius 2 is 2.12 bits per heavy atom. The molecule has 0 saturated heterocycles. The number of carbonyl (C=O) groups is 1. The fourth-order valence-corrected chi connectivity index (χ4v) is 1.63. The van der Waals surface area contributed by atoms with Crippen LogP contribution in [-0.2, 0) is 4.74 Å². The monoisotopic (exact) mass is 356 g/mol. The number of aliphatic imine (C=N–C) groups is 2. The van der Waals surface area contributed by atoms with Gasteiger partial charge in [0.1, 0.15) is 6.61 Å². The van der Waals surface area contributed by atoms with Crippen LogP contribution in [0.25, 0.3) is 0 Å². The molecule has 0 radical (unpaired) electrons. The average Bonchev–Trinajstić information content (AvgIpc) is 2.53. The molecule has 1 amide bonds. The van der Waals surface area contributed by atoms with Crippen molar-refractivity contribution in [2.75, 3.05) is 40.3 Å². The molecule has 0 rings (SSSR count). The van der Waals surface area contributed by atoms with Crippen LogP contribution in [0.5, 0.6) is 0 Å². The number of nitrogens with zero attached hydrogens (tertiary/aromatic N) is 3. The Hall–Kier alpha value is -2.16. The third-order valence-corrected chi connectivity index (χ3v) is 2.88. The second-order valence-corrected chi connectivity index (χ2v) is 5.57. The highest BCUT2D eigenvalue weighted by molar-refractivity contribution is 8.00. The van der Waals surface area contributed by atoms with E-state index in [-0.39, 0.29) is 12.7 Å². The van der Waals surface area contributed by atoms with E-state index in [1.54, 1.807) is 26.4 Å². The quantitative estimate of drug-likeness (QED) is 0.179. The smallest absolute Gasteiger partial charge is 0.409 e. The summed E-state index contributed by atoms with van der Waals surface area (Å²) in [5.74, 6) is 1.19. The molecule has 0 aliphatic heterocycles. The van der Waals surface area contributed by atoms with Gasteiger partial charge in [0.15, 0.2) is 0 Å². The van der Waals surface area contributed by atoms with Gasteiger partial charge in [-0.15, -0.1) is 0 Å². The first-order chi connectivity index (χ1) is 11.5. The van der Waals surface area contributed by atoms with Gasteiger partial charge in [0.2, 0.25) is 5.96 Å². The van der Waals surface area contributed by atoms with Gasteiger partial charge in [0.25, 0.3) is 0 Å². The van der Waals surface area contributed by atoms with Crippen LogP contribution in [0.4, 0.5) is 4.79 Å². The van der Waals surface area contributed by atoms with Crippen molar-refractivity contribution in [1.82, 2.24) is 14.9 Å². The molecule has 0 aromatic rings. The molecular weight excluding hydrogens is 328 g/mol. The van der Waals surface area contributed by atoms with E-state index in [1.807, 2.05) is 12.2 Å². The fourth-order valence-electron chi connectivity index (χ4n) is 1.30. The van der Waals surface area contributed by atoms with Gasteiger partial charge < -0.3 is 20.7 Å². The van der Waals surface area contributed by atoms with Gasteiger partial charge in [-0.3, -0.25) is 14.7 Å². The molecule has 0 aliphatic rings. The van der Waals surface area contributed by atoms with Crippen molar-refractivity contribution in [3.05, 3.63) is 24.1 Å². The Bertz CT molecular complexity index is 459. The van der Waals surface area contributed by atoms with Crippen molar-refractivity contribution in [3.63, 3.8) is 0 Å². The fraction of sp³-hybridized carbons (Fsp3) is 0.533. The largest absolute Gasteiger partial charge is 0.448 e. The molecule has 0 bridgehead atoms. The van der Waals surface area contributed by atoms with Gasteiger partial charge >= 0.3 is 6.09 Å². The highest BCUT2D eigenvalue weighted by Gasteiger charge is 2.04. The van der Waals surface area contributed by atoms with Crippen LogP contribution in [-0.4, -0.2) is 63.1 Å². The molecule has 0 unspecified atom stereocenters. The van der Waals surface area contributed by atoms with Gasteiger partial charge in [-0.2, -0.15) is 0 Å². The zero-order valence-corrected chi connectivity index (χ0v) is 15.4. The maximum absolute atomic E-state index is 11.3. The zero-order chi connectivity index (χ0) is 18.2. The van der Waals surface area contributed by atoms with Crippen molar-refractivity contribution < 1.29 is 9.53 Å². The Morgan fingerprint density at radius 1 is 1.38 bits per heavy atom. The van der Waals surface area contributed by atoms with Crippen molar-refractivity contribution in [2.24, 2.45) is 15.7 Å². The summed E-state index contributed by atoms with van der Waals surface area (Å²) in [6, 6.07) is 0. The van der Waals surface area contributed by atoms with Gasteiger partial charge in [-0.05, 0) is 30.7 Å². The van der Waals surface area contributed by atoms with Crippen LogP contribution >= 0.6 is 11.9 Å². The van der Waals surface area contributed by atoms with Gasteiger partial charge in [-0.1, -0.05) is 18.7 Å². The van der Waals surface area contributed by atoms with Crippen molar-refractivity contribution >= 4 is 29.8 Å². The van der Waals surface area contributed by atoms with E-state index in [9.17, 15) is 4.79 Å². The minimum atomic E-state index is -0.371. The minimum Gasteiger partial charge on any atom is -0.448 e. The summed E-state index contributed by atoms with van der Waals surface area (Å²) in [7, 11) is 3.28. The predicted octanol–water partition coefficient (Wildman–Crippen LogP) is 1.33. The molecule has 0 atom stereocenters. The van der Waals surface area contributed by atoms with Crippen LogP contribution < -0.4 is 15.8 Å². The Morgan fingerprint density at radius 3 is 2.75 bits per heavy atom. The van der Waals surface area contributed by atoms with E-state index in [0.29, 0.717) is 31.4 Å². The summed E-state index contributed by atoms with van der Waals surface area (Å²) in [6.07, 6.45) is 4.38. The predicted molar refractivity (Wildman–Crippen MR) is 102 cm³/mol. The number of ether oxygens (including phenoxy) is 1. The highest BCUT2D eigenvalue weighted by atomic mass is 32.2. The molecule has 136 valence electrons. The molecule has 0 heterocycles. The molecule has 0 aromatic carbocycles. The number of amides is 1. The van der Waals surface area contributed by atoms with Crippen molar-refractivity contribution in [1.29, 1.82) is 0 Å². The molecule has 0 saturated carbocycles. The minimum absolute atomic E-state index is 0.257. The van der Waals surface area contributed by atoms with Crippen LogP contribution in [0.1, 0.15) is 13.3 Å². The number of rotatable bonds is 10. The van der Waals surface area contributed by atoms with E-state index in [4.69, 9.17) is 10.5 Å². The van der Waals surface area contributed by atoms with Crippen LogP contribution in [0.15, 0.2) is 34.1 Å². The van der Waals surface area contributed by atoms with E-state index < -0.39 is 0 Å². The first-order valence-electron chi connectivity index (χ1n) is 7.53. The highest BCUT2D eigenvalue weighted by Crippen LogP contribution is 1.93. The van der Waals surface area contributed by atoms with Gasteiger partial charge in [0.05, 0.1) is 18.9 Å². The number of amidine groups is 1. The maximum atomic E-state index is 11.3. The summed E-state index contributed by atoms with van der Waals surface area (Å²) in [4.78, 5) is 21.1. The number of guanidine groups is 1. The third-order valence-electron chi connectivity index (χ3n) is 2.40. The molecule has 8 nitrogen and oxygen atoms in total. The second kappa shape index (κ2) is 14.4. The molecule has 0 aliphatic carbocycles. The Kier molecular flexibility index (Phi) is 13.1. The topological polar surface area (TPSA) is 104 Å². The summed E-state index contributed by atoms with van der Waals surface area (Å²) in [5.41, 5.74) is 5.45. The molecule has 4 N–H and O–H groups in total. The normalized spacial score (nSPS) is 12.1. The molecule has 0 spiro atoms. The van der Waals surface area contributed by atoms with E-state index in [1.165, 1.54) is 16.8 Å². The van der Waals surface area contributed by atoms with Gasteiger partial charge in [0, 0.05) is 20.6 Å².